The van der Waals surface area contributed by atoms with Gasteiger partial charge in [-0.25, -0.2) is 4.98 Å². The number of phenols is 1. The number of fused-ring (bicyclic) bond motifs is 1. The van der Waals surface area contributed by atoms with Gasteiger partial charge in [-0.1, -0.05) is 23.7 Å². The molecule has 28 heavy (non-hydrogen) atoms. The maximum Gasteiger partial charge on any atom is 0.270 e. The van der Waals surface area contributed by atoms with Gasteiger partial charge in [0.25, 0.3) is 11.6 Å². The first kappa shape index (κ1) is 17.7. The number of aromatic hydroxyl groups is 1. The fourth-order valence-corrected chi connectivity index (χ4v) is 3.20. The predicted octanol–water partition coefficient (Wildman–Crippen LogP) is 4.12. The molecule has 2 heterocycles. The number of halogens is 1. The van der Waals surface area contributed by atoms with Crippen molar-refractivity contribution in [2.24, 2.45) is 0 Å². The Morgan fingerprint density at radius 3 is 2.68 bits per heavy atom. The number of pyridine rings is 1. The van der Waals surface area contributed by atoms with E-state index in [-0.39, 0.29) is 28.7 Å². The van der Waals surface area contributed by atoms with Gasteiger partial charge in [-0.3, -0.25) is 19.8 Å². The number of non-ortho nitro benzene ring substituents is 1. The Bertz CT molecular complexity index is 1090. The second-order valence-electron chi connectivity index (χ2n) is 6.10. The molecule has 0 radical (unpaired) electrons. The van der Waals surface area contributed by atoms with Crippen molar-refractivity contribution in [2.75, 3.05) is 10.2 Å². The van der Waals surface area contributed by atoms with Crippen molar-refractivity contribution in [3.05, 3.63) is 87.1 Å². The minimum absolute atomic E-state index is 0.175. The van der Waals surface area contributed by atoms with Crippen LogP contribution in [-0.4, -0.2) is 20.9 Å². The van der Waals surface area contributed by atoms with Gasteiger partial charge in [0.15, 0.2) is 0 Å². The number of anilines is 2. The minimum atomic E-state index is -0.907. The lowest BCUT2D eigenvalue weighted by Crippen LogP contribution is -2.43. The predicted molar refractivity (Wildman–Crippen MR) is 104 cm³/mol. The van der Waals surface area contributed by atoms with Crippen molar-refractivity contribution in [1.82, 2.24) is 4.98 Å². The van der Waals surface area contributed by atoms with Crippen molar-refractivity contribution >= 4 is 34.7 Å². The van der Waals surface area contributed by atoms with Crippen molar-refractivity contribution in [2.45, 2.75) is 6.17 Å². The molecule has 8 nitrogen and oxygen atoms in total. The van der Waals surface area contributed by atoms with Gasteiger partial charge in [0.05, 0.1) is 15.5 Å². The quantitative estimate of drug-likeness (QED) is 0.509. The Hall–Kier alpha value is -3.65. The Morgan fingerprint density at radius 2 is 1.96 bits per heavy atom. The van der Waals surface area contributed by atoms with Gasteiger partial charge in [-0.15, -0.1) is 0 Å². The van der Waals surface area contributed by atoms with E-state index >= 15 is 0 Å². The zero-order chi connectivity index (χ0) is 19.8. The number of carbonyl (C=O) groups is 1. The summed E-state index contributed by atoms with van der Waals surface area (Å²) in [6, 6.07) is 13.7. The number of hydrogen-bond donors (Lipinski definition) is 2. The number of nitrogens with one attached hydrogen (secondary N) is 1. The number of phenolic OH excluding ortho intramolecular Hbond substituents is 1. The molecule has 0 aliphatic carbocycles. The number of aromatic nitrogens is 1. The second-order valence-corrected chi connectivity index (χ2v) is 6.54. The molecule has 0 saturated heterocycles. The number of nitrogens with zero attached hydrogens (tertiary/aromatic N) is 3. The van der Waals surface area contributed by atoms with Crippen molar-refractivity contribution in [3.63, 3.8) is 0 Å². The van der Waals surface area contributed by atoms with Crippen LogP contribution < -0.4 is 10.2 Å². The smallest absolute Gasteiger partial charge is 0.270 e. The van der Waals surface area contributed by atoms with Crippen molar-refractivity contribution in [1.29, 1.82) is 0 Å². The van der Waals surface area contributed by atoms with Crippen LogP contribution in [0.4, 0.5) is 17.2 Å². The zero-order valence-electron chi connectivity index (χ0n) is 14.2. The normalized spacial score (nSPS) is 15.7. The molecule has 1 aliphatic rings. The highest BCUT2D eigenvalue weighted by Gasteiger charge is 2.36. The van der Waals surface area contributed by atoms with Crippen LogP contribution in [0.25, 0.3) is 0 Å². The highest BCUT2D eigenvalue weighted by Crippen LogP contribution is 2.39. The lowest BCUT2D eigenvalue weighted by atomic mass is 10.0. The molecule has 2 N–H and O–H groups in total. The first-order valence-corrected chi connectivity index (χ1v) is 8.61. The maximum absolute atomic E-state index is 13.2. The fourth-order valence-electron chi connectivity index (χ4n) is 3.09. The molecule has 4 rings (SSSR count). The summed E-state index contributed by atoms with van der Waals surface area (Å²) in [5, 5.41) is 25.1. The van der Waals surface area contributed by atoms with E-state index in [9.17, 15) is 20.0 Å². The Kier molecular flexibility index (Phi) is 4.32. The average Bonchev–Trinajstić information content (AvgIpc) is 2.69. The summed E-state index contributed by atoms with van der Waals surface area (Å²) < 4.78 is 0. The third kappa shape index (κ3) is 2.99. The summed E-state index contributed by atoms with van der Waals surface area (Å²) in [7, 11) is 0. The number of hydrogen-bond acceptors (Lipinski definition) is 6. The molecule has 9 heteroatoms. The van der Waals surface area contributed by atoms with E-state index in [1.165, 1.54) is 29.3 Å². The molecule has 0 unspecified atom stereocenters. The van der Waals surface area contributed by atoms with Gasteiger partial charge in [0.1, 0.15) is 17.7 Å². The third-order valence-corrected chi connectivity index (χ3v) is 4.63. The van der Waals surface area contributed by atoms with Gasteiger partial charge in [-0.05, 0) is 30.3 Å². The first-order valence-electron chi connectivity index (χ1n) is 8.23. The molecule has 2 aromatic carbocycles. The summed E-state index contributed by atoms with van der Waals surface area (Å²) in [6.07, 6.45) is 0.491. The highest BCUT2D eigenvalue weighted by molar-refractivity contribution is 6.30. The Morgan fingerprint density at radius 1 is 1.18 bits per heavy atom. The summed E-state index contributed by atoms with van der Waals surface area (Å²) in [4.78, 5) is 29.4. The summed E-state index contributed by atoms with van der Waals surface area (Å²) >= 11 is 5.91. The SMILES string of the molecule is O=C1c2ccccc2N[C@@H](c2cc([N+](=O)[O-])ccc2O)N1c1ccc(Cl)cn1. The zero-order valence-corrected chi connectivity index (χ0v) is 15.0. The number of amides is 1. The van der Waals surface area contributed by atoms with Crippen LogP contribution in [0, 0.1) is 10.1 Å². The maximum atomic E-state index is 13.2. The van der Waals surface area contributed by atoms with Gasteiger partial charge in [-0.2, -0.15) is 0 Å². The van der Waals surface area contributed by atoms with Crippen LogP contribution in [0.3, 0.4) is 0 Å². The minimum Gasteiger partial charge on any atom is -0.508 e. The van der Waals surface area contributed by atoms with Gasteiger partial charge in [0, 0.05) is 29.6 Å². The van der Waals surface area contributed by atoms with Crippen LogP contribution >= 0.6 is 11.6 Å². The number of para-hydroxylation sites is 1. The molecular formula is C19H13ClN4O4. The third-order valence-electron chi connectivity index (χ3n) is 4.40. The molecule has 140 valence electrons. The Balaban J connectivity index is 1.90. The van der Waals surface area contributed by atoms with E-state index in [2.05, 4.69) is 10.3 Å². The number of nitro benzene ring substituents is 1. The number of nitro groups is 1. The van der Waals surface area contributed by atoms with Crippen LogP contribution in [0.2, 0.25) is 5.02 Å². The standard InChI is InChI=1S/C19H13ClN4O4/c20-11-5-8-17(21-10-11)23-18(14-9-12(24(27)28)6-7-16(14)25)22-15-4-2-1-3-13(15)19(23)26/h1-10,18,22,25H/t18-/m1/s1. The molecule has 0 fully saturated rings. The number of rotatable bonds is 3. The van der Waals surface area contributed by atoms with E-state index in [4.69, 9.17) is 11.6 Å². The van der Waals surface area contributed by atoms with Gasteiger partial charge < -0.3 is 10.4 Å². The molecule has 3 aromatic rings. The van der Waals surface area contributed by atoms with E-state index in [1.807, 2.05) is 0 Å². The van der Waals surface area contributed by atoms with Gasteiger partial charge >= 0.3 is 0 Å². The lowest BCUT2D eigenvalue weighted by molar-refractivity contribution is -0.385. The fraction of sp³-hybridized carbons (Fsp3) is 0.0526. The monoisotopic (exact) mass is 396 g/mol. The van der Waals surface area contributed by atoms with E-state index in [0.29, 0.717) is 16.3 Å². The van der Waals surface area contributed by atoms with E-state index in [1.54, 1.807) is 36.4 Å². The summed E-state index contributed by atoms with van der Waals surface area (Å²) in [5.74, 6) is -0.262. The van der Waals surface area contributed by atoms with Crippen molar-refractivity contribution < 1.29 is 14.8 Å². The first-order chi connectivity index (χ1) is 13.5. The molecule has 0 bridgehead atoms. The summed E-state index contributed by atoms with van der Waals surface area (Å²) in [5.41, 5.74) is 0.938. The van der Waals surface area contributed by atoms with E-state index < -0.39 is 11.1 Å². The highest BCUT2D eigenvalue weighted by atomic mass is 35.5. The van der Waals surface area contributed by atoms with Crippen LogP contribution in [-0.2, 0) is 0 Å². The molecule has 1 aliphatic heterocycles. The number of carbonyl (C=O) groups excluding carboxylic acids is 1. The molecule has 1 aromatic heterocycles. The number of benzene rings is 2. The van der Waals surface area contributed by atoms with Crippen molar-refractivity contribution in [3.8, 4) is 5.75 Å². The van der Waals surface area contributed by atoms with Crippen LogP contribution in [0.5, 0.6) is 5.75 Å². The Labute approximate surface area is 164 Å². The van der Waals surface area contributed by atoms with Crippen LogP contribution in [0.15, 0.2) is 60.8 Å². The molecule has 0 saturated carbocycles. The molecule has 1 amide bonds. The van der Waals surface area contributed by atoms with E-state index in [0.717, 1.165) is 0 Å². The topological polar surface area (TPSA) is 109 Å². The van der Waals surface area contributed by atoms with Crippen LogP contribution in [0.1, 0.15) is 22.1 Å². The van der Waals surface area contributed by atoms with Gasteiger partial charge in [0.2, 0.25) is 0 Å². The summed E-state index contributed by atoms with van der Waals surface area (Å²) in [6.45, 7) is 0. The lowest BCUT2D eigenvalue weighted by Gasteiger charge is -2.37. The molecule has 0 spiro atoms. The molecule has 1 atom stereocenters. The second kappa shape index (κ2) is 6.82. The largest absolute Gasteiger partial charge is 0.508 e. The average molecular weight is 397 g/mol. The molecular weight excluding hydrogens is 384 g/mol.